The van der Waals surface area contributed by atoms with E-state index in [0.717, 1.165) is 34.8 Å². The second kappa shape index (κ2) is 8.88. The van der Waals surface area contributed by atoms with Crippen LogP contribution in [0.5, 0.6) is 0 Å². The van der Waals surface area contributed by atoms with E-state index in [2.05, 4.69) is 15.4 Å². The van der Waals surface area contributed by atoms with Crippen LogP contribution in [0, 0.1) is 0 Å². The van der Waals surface area contributed by atoms with Crippen LogP contribution in [0.3, 0.4) is 0 Å². The zero-order valence-corrected chi connectivity index (χ0v) is 18.2. The molecule has 0 spiro atoms. The van der Waals surface area contributed by atoms with Crippen molar-refractivity contribution < 1.29 is 9.00 Å². The van der Waals surface area contributed by atoms with Crippen LogP contribution >= 0.6 is 0 Å². The van der Waals surface area contributed by atoms with Crippen LogP contribution in [-0.4, -0.2) is 24.9 Å². The van der Waals surface area contributed by atoms with Crippen molar-refractivity contribution in [3.05, 3.63) is 102 Å². The Hall–Kier alpha value is -3.58. The number of nitrogens with zero attached hydrogens (tertiary/aromatic N) is 3. The lowest BCUT2D eigenvalue weighted by Gasteiger charge is -2.07. The lowest BCUT2D eigenvalue weighted by molar-refractivity contribution is 0.101. The molecule has 1 aliphatic carbocycles. The molecular formula is C25H22N4O2S. The molecular weight excluding hydrogens is 420 g/mol. The summed E-state index contributed by atoms with van der Waals surface area (Å²) >= 11 is 0. The SMILES string of the molecule is O=C(Nc1cccc(CS(=O)c2ccccc2)c1)c1nc(C2CC2)n(-c2ccccc2)n1. The zero-order valence-electron chi connectivity index (χ0n) is 17.3. The molecule has 1 amide bonds. The number of anilines is 1. The molecule has 1 fully saturated rings. The van der Waals surface area contributed by atoms with E-state index in [-0.39, 0.29) is 11.7 Å². The van der Waals surface area contributed by atoms with Gasteiger partial charge in [0.15, 0.2) is 0 Å². The number of benzene rings is 3. The van der Waals surface area contributed by atoms with Gasteiger partial charge in [-0.15, -0.1) is 5.10 Å². The molecule has 7 heteroatoms. The Morgan fingerprint density at radius 1 is 0.969 bits per heavy atom. The van der Waals surface area contributed by atoms with E-state index in [9.17, 15) is 9.00 Å². The average molecular weight is 443 g/mol. The number of carbonyl (C=O) groups is 1. The average Bonchev–Trinajstić information content (AvgIpc) is 3.58. The van der Waals surface area contributed by atoms with Crippen molar-refractivity contribution in [2.75, 3.05) is 5.32 Å². The maximum Gasteiger partial charge on any atom is 0.295 e. The number of hydrogen-bond acceptors (Lipinski definition) is 4. The lowest BCUT2D eigenvalue weighted by atomic mass is 10.2. The smallest absolute Gasteiger partial charge is 0.295 e. The van der Waals surface area contributed by atoms with Crippen LogP contribution < -0.4 is 5.32 Å². The fourth-order valence-electron chi connectivity index (χ4n) is 3.52. The largest absolute Gasteiger partial charge is 0.319 e. The van der Waals surface area contributed by atoms with Crippen molar-refractivity contribution in [3.8, 4) is 5.69 Å². The predicted octanol–water partition coefficient (Wildman–Crippen LogP) is 4.70. The number of para-hydroxylation sites is 1. The van der Waals surface area contributed by atoms with Crippen molar-refractivity contribution in [3.63, 3.8) is 0 Å². The molecule has 1 aliphatic rings. The highest BCUT2D eigenvalue weighted by atomic mass is 32.2. The summed E-state index contributed by atoms with van der Waals surface area (Å²) in [6.07, 6.45) is 2.13. The number of hydrogen-bond donors (Lipinski definition) is 1. The van der Waals surface area contributed by atoms with Crippen LogP contribution in [0.4, 0.5) is 5.69 Å². The Kier molecular flexibility index (Phi) is 5.64. The van der Waals surface area contributed by atoms with Gasteiger partial charge in [-0.05, 0) is 54.8 Å². The maximum absolute atomic E-state index is 12.9. The number of carbonyl (C=O) groups excluding carboxylic acids is 1. The molecule has 1 aromatic heterocycles. The van der Waals surface area contributed by atoms with E-state index in [1.165, 1.54) is 0 Å². The summed E-state index contributed by atoms with van der Waals surface area (Å²) in [6.45, 7) is 0. The highest BCUT2D eigenvalue weighted by Crippen LogP contribution is 2.39. The molecule has 1 atom stereocenters. The molecule has 1 saturated carbocycles. The van der Waals surface area contributed by atoms with E-state index in [4.69, 9.17) is 0 Å². The number of aromatic nitrogens is 3. The first kappa shape index (κ1) is 20.3. The molecule has 1 N–H and O–H groups in total. The molecule has 0 saturated heterocycles. The molecule has 32 heavy (non-hydrogen) atoms. The first-order chi connectivity index (χ1) is 15.7. The van der Waals surface area contributed by atoms with Crippen molar-refractivity contribution in [1.82, 2.24) is 14.8 Å². The summed E-state index contributed by atoms with van der Waals surface area (Å²) in [5.41, 5.74) is 2.40. The molecule has 0 radical (unpaired) electrons. The third-order valence-electron chi connectivity index (χ3n) is 5.27. The van der Waals surface area contributed by atoms with Gasteiger partial charge in [-0.2, -0.15) is 0 Å². The van der Waals surface area contributed by atoms with Gasteiger partial charge >= 0.3 is 0 Å². The summed E-state index contributed by atoms with van der Waals surface area (Å²) in [7, 11) is -1.15. The quantitative estimate of drug-likeness (QED) is 0.450. The summed E-state index contributed by atoms with van der Waals surface area (Å²) < 4.78 is 14.4. The van der Waals surface area contributed by atoms with Gasteiger partial charge in [0.25, 0.3) is 5.91 Å². The summed E-state index contributed by atoms with van der Waals surface area (Å²) in [5, 5.41) is 7.38. The van der Waals surface area contributed by atoms with Crippen molar-refractivity contribution in [2.24, 2.45) is 0 Å². The molecule has 0 aliphatic heterocycles. The van der Waals surface area contributed by atoms with Crippen molar-refractivity contribution in [1.29, 1.82) is 0 Å². The number of amides is 1. The normalized spacial score (nSPS) is 14.1. The minimum Gasteiger partial charge on any atom is -0.319 e. The molecule has 1 heterocycles. The van der Waals surface area contributed by atoms with Crippen molar-refractivity contribution >= 4 is 22.4 Å². The van der Waals surface area contributed by atoms with Crippen LogP contribution in [0.1, 0.15) is 40.8 Å². The van der Waals surface area contributed by atoms with Gasteiger partial charge in [-0.1, -0.05) is 48.5 Å². The minimum absolute atomic E-state index is 0.147. The second-order valence-electron chi connectivity index (χ2n) is 7.77. The standard InChI is InChI=1S/C25H22N4O2S/c30-25(23-27-24(19-14-15-19)29(28-23)21-10-3-1-4-11-21)26-20-9-7-8-18(16-20)17-32(31)22-12-5-2-6-13-22/h1-13,16,19H,14-15,17H2,(H,26,30). The highest BCUT2D eigenvalue weighted by Gasteiger charge is 2.31. The van der Waals surface area contributed by atoms with E-state index in [1.807, 2.05) is 84.9 Å². The monoisotopic (exact) mass is 442 g/mol. The molecule has 1 unspecified atom stereocenters. The molecule has 4 aromatic rings. The van der Waals surface area contributed by atoms with E-state index in [0.29, 0.717) is 17.4 Å². The fourth-order valence-corrected chi connectivity index (χ4v) is 4.63. The highest BCUT2D eigenvalue weighted by molar-refractivity contribution is 7.84. The maximum atomic E-state index is 12.9. The Morgan fingerprint density at radius 2 is 1.69 bits per heavy atom. The Labute approximate surface area is 188 Å². The first-order valence-corrected chi connectivity index (χ1v) is 11.9. The van der Waals surface area contributed by atoms with Gasteiger partial charge in [0.2, 0.25) is 5.82 Å². The van der Waals surface area contributed by atoms with Gasteiger partial charge in [-0.3, -0.25) is 9.00 Å². The minimum atomic E-state index is -1.15. The van der Waals surface area contributed by atoms with Gasteiger partial charge in [0.1, 0.15) is 5.82 Å². The third kappa shape index (κ3) is 4.53. The lowest BCUT2D eigenvalue weighted by Crippen LogP contribution is -2.14. The third-order valence-corrected chi connectivity index (χ3v) is 6.66. The van der Waals surface area contributed by atoms with Crippen LogP contribution in [0.2, 0.25) is 0 Å². The zero-order chi connectivity index (χ0) is 21.9. The molecule has 160 valence electrons. The molecule has 5 rings (SSSR count). The summed E-state index contributed by atoms with van der Waals surface area (Å²) in [5.74, 6) is 1.34. The van der Waals surface area contributed by atoms with E-state index < -0.39 is 10.8 Å². The summed E-state index contributed by atoms with van der Waals surface area (Å²) in [4.78, 5) is 18.2. The first-order valence-electron chi connectivity index (χ1n) is 10.5. The van der Waals surface area contributed by atoms with Gasteiger partial charge in [0, 0.05) is 16.5 Å². The topological polar surface area (TPSA) is 76.9 Å². The molecule has 0 bridgehead atoms. The van der Waals surface area contributed by atoms with Crippen LogP contribution in [-0.2, 0) is 16.6 Å². The van der Waals surface area contributed by atoms with Gasteiger partial charge in [-0.25, -0.2) is 9.67 Å². The van der Waals surface area contributed by atoms with Crippen LogP contribution in [0.15, 0.2) is 89.8 Å². The van der Waals surface area contributed by atoms with E-state index >= 15 is 0 Å². The fraction of sp³-hybridized carbons (Fsp3) is 0.160. The van der Waals surface area contributed by atoms with E-state index in [1.54, 1.807) is 4.68 Å². The number of nitrogens with one attached hydrogen (secondary N) is 1. The van der Waals surface area contributed by atoms with Crippen LogP contribution in [0.25, 0.3) is 5.69 Å². The Bertz CT molecular complexity index is 1270. The number of rotatable bonds is 7. The van der Waals surface area contributed by atoms with Gasteiger partial charge < -0.3 is 5.32 Å². The molecule has 6 nitrogen and oxygen atoms in total. The summed E-state index contributed by atoms with van der Waals surface area (Å²) in [6, 6.07) is 26.5. The molecule has 3 aromatic carbocycles. The van der Waals surface area contributed by atoms with Crippen molar-refractivity contribution in [2.45, 2.75) is 29.4 Å². The van der Waals surface area contributed by atoms with Gasteiger partial charge in [0.05, 0.1) is 22.2 Å². The predicted molar refractivity (Wildman–Crippen MR) is 124 cm³/mol. The second-order valence-corrected chi connectivity index (χ2v) is 9.22. The Balaban J connectivity index is 1.33. The Morgan fingerprint density at radius 3 is 2.41 bits per heavy atom.